The standard InChI is InChI=1S/C26H37N5O2/c1-3-4-5-6-7-18-33-22-10-8-21(9-11-22)29-25-28-19-20(2)23(30-25)31-16-13-26(14-17-31)12-15-27-24(26)32/h8-11,19H,3-7,12-18H2,1-2H3,(H,27,32)(H,28,29,30). The zero-order chi connectivity index (χ0) is 23.1. The number of amides is 1. The third-order valence-electron chi connectivity index (χ3n) is 6.96. The molecule has 1 aromatic carbocycles. The van der Waals surface area contributed by atoms with Crippen LogP contribution in [0.25, 0.3) is 0 Å². The highest BCUT2D eigenvalue weighted by Crippen LogP contribution is 2.39. The van der Waals surface area contributed by atoms with Crippen LogP contribution in [0.15, 0.2) is 30.5 Å². The smallest absolute Gasteiger partial charge is 0.229 e. The average molecular weight is 452 g/mol. The summed E-state index contributed by atoms with van der Waals surface area (Å²) in [6.07, 6.45) is 10.8. The molecule has 0 saturated carbocycles. The lowest BCUT2D eigenvalue weighted by Crippen LogP contribution is -2.44. The first-order chi connectivity index (χ1) is 16.1. The van der Waals surface area contributed by atoms with Gasteiger partial charge in [-0.05, 0) is 56.9 Å². The summed E-state index contributed by atoms with van der Waals surface area (Å²) in [4.78, 5) is 23.8. The second-order valence-electron chi connectivity index (χ2n) is 9.39. The molecule has 1 amide bonds. The zero-order valence-corrected chi connectivity index (χ0v) is 20.0. The van der Waals surface area contributed by atoms with E-state index in [0.29, 0.717) is 5.95 Å². The second-order valence-corrected chi connectivity index (χ2v) is 9.39. The molecule has 0 bridgehead atoms. The van der Waals surface area contributed by atoms with E-state index in [4.69, 9.17) is 9.72 Å². The first-order valence-corrected chi connectivity index (χ1v) is 12.5. The summed E-state index contributed by atoms with van der Waals surface area (Å²) in [5, 5.41) is 6.32. The number of carbonyl (C=O) groups excluding carboxylic acids is 1. The number of rotatable bonds is 10. The van der Waals surface area contributed by atoms with Gasteiger partial charge >= 0.3 is 0 Å². The minimum atomic E-state index is -0.169. The highest BCUT2D eigenvalue weighted by molar-refractivity contribution is 5.85. The van der Waals surface area contributed by atoms with Crippen LogP contribution in [-0.4, -0.2) is 42.1 Å². The average Bonchev–Trinajstić information content (AvgIpc) is 3.18. The lowest BCUT2D eigenvalue weighted by Gasteiger charge is -2.38. The minimum absolute atomic E-state index is 0.169. The van der Waals surface area contributed by atoms with E-state index in [2.05, 4.69) is 27.4 Å². The van der Waals surface area contributed by atoms with E-state index < -0.39 is 0 Å². The Hall–Kier alpha value is -2.83. The number of piperidine rings is 1. The largest absolute Gasteiger partial charge is 0.494 e. The molecule has 7 nitrogen and oxygen atoms in total. The predicted octanol–water partition coefficient (Wildman–Crippen LogP) is 4.98. The molecule has 1 spiro atoms. The maximum atomic E-state index is 12.3. The molecule has 2 aliphatic rings. The molecule has 178 valence electrons. The van der Waals surface area contributed by atoms with Gasteiger partial charge in [-0.1, -0.05) is 32.6 Å². The Kier molecular flexibility index (Phi) is 7.68. The Morgan fingerprint density at radius 1 is 1.09 bits per heavy atom. The number of aromatic nitrogens is 2. The van der Waals surface area contributed by atoms with Gasteiger partial charge in [0.2, 0.25) is 11.9 Å². The SMILES string of the molecule is CCCCCCCOc1ccc(Nc2ncc(C)c(N3CCC4(CCNC4=O)CC3)n2)cc1. The third kappa shape index (κ3) is 5.75. The van der Waals surface area contributed by atoms with E-state index in [1.54, 1.807) is 0 Å². The number of aryl methyl sites for hydroxylation is 1. The van der Waals surface area contributed by atoms with Gasteiger partial charge < -0.3 is 20.3 Å². The Balaban J connectivity index is 1.31. The summed E-state index contributed by atoms with van der Waals surface area (Å²) in [6.45, 7) is 7.53. The van der Waals surface area contributed by atoms with Gasteiger partial charge in [-0.2, -0.15) is 4.98 Å². The molecule has 1 aromatic heterocycles. The third-order valence-corrected chi connectivity index (χ3v) is 6.96. The van der Waals surface area contributed by atoms with Crippen LogP contribution in [0.2, 0.25) is 0 Å². The fourth-order valence-corrected chi connectivity index (χ4v) is 4.81. The molecule has 0 aliphatic carbocycles. The maximum Gasteiger partial charge on any atom is 0.229 e. The number of anilines is 3. The van der Waals surface area contributed by atoms with Gasteiger partial charge in [0.1, 0.15) is 11.6 Å². The molecule has 2 saturated heterocycles. The van der Waals surface area contributed by atoms with E-state index >= 15 is 0 Å². The van der Waals surface area contributed by atoms with Crippen LogP contribution in [0.5, 0.6) is 5.75 Å². The van der Waals surface area contributed by atoms with Crippen molar-refractivity contribution in [2.75, 3.05) is 36.5 Å². The summed E-state index contributed by atoms with van der Waals surface area (Å²) in [5.41, 5.74) is 1.81. The molecule has 2 fully saturated rings. The monoisotopic (exact) mass is 451 g/mol. The van der Waals surface area contributed by atoms with Crippen LogP contribution in [-0.2, 0) is 4.79 Å². The first-order valence-electron chi connectivity index (χ1n) is 12.5. The first kappa shape index (κ1) is 23.3. The molecular weight excluding hydrogens is 414 g/mol. The van der Waals surface area contributed by atoms with Crippen molar-refractivity contribution in [2.45, 2.75) is 65.2 Å². The van der Waals surface area contributed by atoms with Crippen LogP contribution in [0.3, 0.4) is 0 Å². The molecule has 0 radical (unpaired) electrons. The van der Waals surface area contributed by atoms with Crippen molar-refractivity contribution in [1.82, 2.24) is 15.3 Å². The normalized spacial score (nSPS) is 17.3. The highest BCUT2D eigenvalue weighted by atomic mass is 16.5. The zero-order valence-electron chi connectivity index (χ0n) is 20.0. The van der Waals surface area contributed by atoms with Crippen molar-refractivity contribution in [3.63, 3.8) is 0 Å². The number of ether oxygens (including phenoxy) is 1. The number of carbonyl (C=O) groups is 1. The van der Waals surface area contributed by atoms with E-state index in [0.717, 1.165) is 74.7 Å². The van der Waals surface area contributed by atoms with Crippen molar-refractivity contribution < 1.29 is 9.53 Å². The van der Waals surface area contributed by atoms with Crippen LogP contribution >= 0.6 is 0 Å². The second kappa shape index (κ2) is 10.9. The summed E-state index contributed by atoms with van der Waals surface area (Å²) < 4.78 is 5.86. The molecule has 3 heterocycles. The van der Waals surface area contributed by atoms with E-state index in [1.807, 2.05) is 37.4 Å². The van der Waals surface area contributed by atoms with Crippen molar-refractivity contribution in [3.05, 3.63) is 36.0 Å². The van der Waals surface area contributed by atoms with Gasteiger partial charge in [-0.15, -0.1) is 0 Å². The number of hydrogen-bond donors (Lipinski definition) is 2. The van der Waals surface area contributed by atoms with Crippen molar-refractivity contribution in [2.24, 2.45) is 5.41 Å². The van der Waals surface area contributed by atoms with Crippen molar-refractivity contribution in [3.8, 4) is 5.75 Å². The van der Waals surface area contributed by atoms with E-state index in [1.165, 1.54) is 25.7 Å². The molecule has 2 aromatic rings. The fraction of sp³-hybridized carbons (Fsp3) is 0.577. The predicted molar refractivity (Wildman–Crippen MR) is 132 cm³/mol. The summed E-state index contributed by atoms with van der Waals surface area (Å²) in [7, 11) is 0. The number of hydrogen-bond acceptors (Lipinski definition) is 6. The fourth-order valence-electron chi connectivity index (χ4n) is 4.81. The molecule has 0 unspecified atom stereocenters. The van der Waals surface area contributed by atoms with Crippen molar-refractivity contribution >= 4 is 23.4 Å². The molecule has 33 heavy (non-hydrogen) atoms. The lowest BCUT2D eigenvalue weighted by atomic mass is 9.77. The van der Waals surface area contributed by atoms with Crippen LogP contribution in [0.1, 0.15) is 63.9 Å². The van der Waals surface area contributed by atoms with Gasteiger partial charge in [0.25, 0.3) is 0 Å². The van der Waals surface area contributed by atoms with Crippen LogP contribution in [0.4, 0.5) is 17.5 Å². The van der Waals surface area contributed by atoms with E-state index in [9.17, 15) is 4.79 Å². The highest BCUT2D eigenvalue weighted by Gasteiger charge is 2.44. The molecular formula is C26H37N5O2. The maximum absolute atomic E-state index is 12.3. The number of benzene rings is 1. The lowest BCUT2D eigenvalue weighted by molar-refractivity contribution is -0.128. The Bertz CT molecular complexity index is 923. The molecule has 7 heteroatoms. The van der Waals surface area contributed by atoms with E-state index in [-0.39, 0.29) is 11.3 Å². The summed E-state index contributed by atoms with van der Waals surface area (Å²) >= 11 is 0. The number of unbranched alkanes of at least 4 members (excludes halogenated alkanes) is 4. The molecule has 2 N–H and O–H groups in total. The van der Waals surface area contributed by atoms with Gasteiger partial charge in [-0.25, -0.2) is 4.98 Å². The Labute approximate surface area is 197 Å². The molecule has 2 aliphatic heterocycles. The van der Waals surface area contributed by atoms with Crippen molar-refractivity contribution in [1.29, 1.82) is 0 Å². The van der Waals surface area contributed by atoms with Gasteiger partial charge in [0.05, 0.1) is 12.0 Å². The summed E-state index contributed by atoms with van der Waals surface area (Å²) in [6, 6.07) is 7.97. The molecule has 0 atom stereocenters. The number of nitrogens with one attached hydrogen (secondary N) is 2. The topological polar surface area (TPSA) is 79.4 Å². The summed E-state index contributed by atoms with van der Waals surface area (Å²) in [5.74, 6) is 2.65. The quantitative estimate of drug-likeness (QED) is 0.496. The van der Waals surface area contributed by atoms with Gasteiger partial charge in [0.15, 0.2) is 0 Å². The van der Waals surface area contributed by atoms with Crippen LogP contribution < -0.4 is 20.3 Å². The number of nitrogens with zero attached hydrogens (tertiary/aromatic N) is 3. The Morgan fingerprint density at radius 3 is 2.55 bits per heavy atom. The van der Waals surface area contributed by atoms with Gasteiger partial charge in [0, 0.05) is 37.1 Å². The van der Waals surface area contributed by atoms with Gasteiger partial charge in [-0.3, -0.25) is 4.79 Å². The minimum Gasteiger partial charge on any atom is -0.494 e. The van der Waals surface area contributed by atoms with Crippen LogP contribution in [0, 0.1) is 12.3 Å². The Morgan fingerprint density at radius 2 is 1.85 bits per heavy atom. The molecule has 4 rings (SSSR count).